The second-order valence-corrected chi connectivity index (χ2v) is 3.42. The molecular weight excluding hydrogens is 206 g/mol. The summed E-state index contributed by atoms with van der Waals surface area (Å²) in [5, 5.41) is 12.5. The zero-order chi connectivity index (χ0) is 10.5. The molecule has 4 heterocycles. The van der Waals surface area contributed by atoms with Gasteiger partial charge >= 0.3 is 0 Å². The molecule has 1 N–H and O–H groups in total. The number of fused-ring (bicyclic) bond motifs is 6. The fourth-order valence-electron chi connectivity index (χ4n) is 1.91. The highest BCUT2D eigenvalue weighted by atomic mass is 15.5. The van der Waals surface area contributed by atoms with Gasteiger partial charge in [0.05, 0.1) is 6.33 Å². The van der Waals surface area contributed by atoms with Crippen molar-refractivity contribution < 1.29 is 0 Å². The third-order valence-corrected chi connectivity index (χ3v) is 2.57. The number of hydrogen-bond donors (Lipinski definition) is 1. The van der Waals surface area contributed by atoms with Gasteiger partial charge in [0.1, 0.15) is 11.0 Å². The van der Waals surface area contributed by atoms with E-state index in [1.54, 1.807) is 17.0 Å². The molecule has 7 nitrogen and oxygen atoms in total. The predicted molar refractivity (Wildman–Crippen MR) is 55.7 cm³/mol. The highest BCUT2D eigenvalue weighted by molar-refractivity contribution is 6.06. The Kier molecular flexibility index (Phi) is 1.21. The quantitative estimate of drug-likeness (QED) is 0.459. The minimum atomic E-state index is 0.638. The van der Waals surface area contributed by atoms with Crippen LogP contribution in [0.25, 0.3) is 27.7 Å². The molecule has 76 valence electrons. The van der Waals surface area contributed by atoms with Crippen molar-refractivity contribution in [2.75, 3.05) is 0 Å². The number of hydrogen-bond acceptors (Lipinski definition) is 5. The smallest absolute Gasteiger partial charge is 0.207 e. The van der Waals surface area contributed by atoms with E-state index in [4.69, 9.17) is 0 Å². The van der Waals surface area contributed by atoms with Crippen molar-refractivity contribution in [2.45, 2.75) is 0 Å². The van der Waals surface area contributed by atoms with E-state index in [0.29, 0.717) is 11.3 Å². The van der Waals surface area contributed by atoms with Crippen LogP contribution in [0.15, 0.2) is 24.7 Å². The second-order valence-electron chi connectivity index (χ2n) is 3.42. The lowest BCUT2D eigenvalue weighted by atomic mass is 10.2. The molecule has 7 heteroatoms. The van der Waals surface area contributed by atoms with Crippen molar-refractivity contribution in [3.8, 4) is 0 Å². The number of nitrogens with one attached hydrogen (secondary N) is 1. The van der Waals surface area contributed by atoms with Crippen molar-refractivity contribution in [1.82, 2.24) is 35.0 Å². The maximum atomic E-state index is 4.28. The molecule has 0 aliphatic heterocycles. The molecule has 0 bridgehead atoms. The van der Waals surface area contributed by atoms with Crippen LogP contribution in [-0.4, -0.2) is 35.0 Å². The van der Waals surface area contributed by atoms with Crippen molar-refractivity contribution in [2.24, 2.45) is 0 Å². The Bertz CT molecular complexity index is 743. The Morgan fingerprint density at radius 2 is 2.19 bits per heavy atom. The van der Waals surface area contributed by atoms with Crippen molar-refractivity contribution in [3.63, 3.8) is 0 Å². The van der Waals surface area contributed by atoms with E-state index in [1.807, 2.05) is 12.1 Å². The monoisotopic (exact) mass is 211 g/mol. The first-order valence-electron chi connectivity index (χ1n) is 4.73. The molecular formula is C9H5N7. The standard InChI is InChI=1S/C9H5N7/c1-2-5-6-7(12-4-11-6)9-13-14-15-16(9)8(5)10-3-1/h1-4H,(H,11,12). The first-order valence-corrected chi connectivity index (χ1v) is 4.73. The SMILES string of the molecule is c1cnc2c(c1)c1nc[nH]c1c1nnnn21. The lowest BCUT2D eigenvalue weighted by Crippen LogP contribution is -1.94. The van der Waals surface area contributed by atoms with Crippen LogP contribution in [0.2, 0.25) is 0 Å². The van der Waals surface area contributed by atoms with Crippen LogP contribution >= 0.6 is 0 Å². The van der Waals surface area contributed by atoms with Gasteiger partial charge in [-0.2, -0.15) is 4.52 Å². The summed E-state index contributed by atoms with van der Waals surface area (Å²) in [4.78, 5) is 11.6. The molecule has 0 saturated heterocycles. The van der Waals surface area contributed by atoms with E-state index in [9.17, 15) is 0 Å². The Morgan fingerprint density at radius 1 is 1.19 bits per heavy atom. The number of tetrazole rings is 1. The highest BCUT2D eigenvalue weighted by Gasteiger charge is 2.12. The molecule has 0 saturated carbocycles. The van der Waals surface area contributed by atoms with E-state index in [-0.39, 0.29) is 0 Å². The zero-order valence-electron chi connectivity index (χ0n) is 7.99. The van der Waals surface area contributed by atoms with Gasteiger partial charge in [-0.3, -0.25) is 0 Å². The Hall–Kier alpha value is -2.57. The Morgan fingerprint density at radius 3 is 3.19 bits per heavy atom. The minimum Gasteiger partial charge on any atom is -0.341 e. The fourth-order valence-corrected chi connectivity index (χ4v) is 1.91. The lowest BCUT2D eigenvalue weighted by Gasteiger charge is -1.99. The van der Waals surface area contributed by atoms with Crippen LogP contribution in [0, 0.1) is 0 Å². The molecule has 0 unspecified atom stereocenters. The largest absolute Gasteiger partial charge is 0.341 e. The topological polar surface area (TPSA) is 84.6 Å². The van der Waals surface area contributed by atoms with E-state index < -0.39 is 0 Å². The number of aromatic amines is 1. The van der Waals surface area contributed by atoms with Gasteiger partial charge in [0.15, 0.2) is 5.65 Å². The molecule has 0 amide bonds. The maximum Gasteiger partial charge on any atom is 0.207 e. The van der Waals surface area contributed by atoms with Gasteiger partial charge in [0.25, 0.3) is 0 Å². The van der Waals surface area contributed by atoms with Crippen LogP contribution < -0.4 is 0 Å². The Labute approximate surface area is 88.1 Å². The first-order chi connectivity index (χ1) is 7.95. The highest BCUT2D eigenvalue weighted by Crippen LogP contribution is 2.23. The average Bonchev–Trinajstić information content (AvgIpc) is 2.98. The van der Waals surface area contributed by atoms with Gasteiger partial charge in [-0.25, -0.2) is 9.97 Å². The van der Waals surface area contributed by atoms with Crippen LogP contribution in [0.4, 0.5) is 0 Å². The molecule has 0 spiro atoms. The van der Waals surface area contributed by atoms with Crippen molar-refractivity contribution >= 4 is 27.7 Å². The predicted octanol–water partition coefficient (Wildman–Crippen LogP) is 0.549. The van der Waals surface area contributed by atoms with E-state index in [2.05, 4.69) is 30.5 Å². The first kappa shape index (κ1) is 7.69. The number of H-pyrrole nitrogens is 1. The third-order valence-electron chi connectivity index (χ3n) is 2.57. The van der Waals surface area contributed by atoms with E-state index in [0.717, 1.165) is 16.4 Å². The van der Waals surface area contributed by atoms with Crippen molar-refractivity contribution in [1.29, 1.82) is 0 Å². The molecule has 0 aliphatic rings. The summed E-state index contributed by atoms with van der Waals surface area (Å²) in [6.07, 6.45) is 3.34. The number of aromatic nitrogens is 7. The molecule has 4 aromatic heterocycles. The summed E-state index contributed by atoms with van der Waals surface area (Å²) in [6, 6.07) is 3.82. The summed E-state index contributed by atoms with van der Waals surface area (Å²) in [7, 11) is 0. The van der Waals surface area contributed by atoms with Crippen LogP contribution in [0.3, 0.4) is 0 Å². The van der Waals surface area contributed by atoms with Crippen LogP contribution in [0.5, 0.6) is 0 Å². The molecule has 4 aromatic rings. The molecule has 16 heavy (non-hydrogen) atoms. The van der Waals surface area contributed by atoms with Gasteiger partial charge in [0, 0.05) is 11.6 Å². The number of nitrogens with zero attached hydrogens (tertiary/aromatic N) is 6. The minimum absolute atomic E-state index is 0.638. The molecule has 0 aliphatic carbocycles. The Balaban J connectivity index is 2.51. The van der Waals surface area contributed by atoms with Crippen molar-refractivity contribution in [3.05, 3.63) is 24.7 Å². The van der Waals surface area contributed by atoms with Gasteiger partial charge in [-0.05, 0) is 22.6 Å². The van der Waals surface area contributed by atoms with E-state index >= 15 is 0 Å². The normalized spacial score (nSPS) is 11.8. The average molecular weight is 211 g/mol. The molecule has 4 rings (SSSR count). The van der Waals surface area contributed by atoms with Gasteiger partial charge in [-0.1, -0.05) is 0 Å². The summed E-state index contributed by atoms with van der Waals surface area (Å²) < 4.78 is 1.61. The van der Waals surface area contributed by atoms with Crippen LogP contribution in [-0.2, 0) is 0 Å². The number of rotatable bonds is 0. The van der Waals surface area contributed by atoms with Gasteiger partial charge in [0.2, 0.25) is 5.65 Å². The number of pyridine rings is 2. The fraction of sp³-hybridized carbons (Fsp3) is 0. The molecule has 0 aromatic carbocycles. The molecule has 0 radical (unpaired) electrons. The second kappa shape index (κ2) is 2.51. The zero-order valence-corrected chi connectivity index (χ0v) is 7.99. The summed E-state index contributed by atoms with van der Waals surface area (Å²) in [5.74, 6) is 0. The molecule has 0 atom stereocenters. The summed E-state index contributed by atoms with van der Waals surface area (Å²) in [6.45, 7) is 0. The lowest BCUT2D eigenvalue weighted by molar-refractivity contribution is 0.835. The van der Waals surface area contributed by atoms with Gasteiger partial charge in [-0.15, -0.1) is 5.10 Å². The molecule has 0 fully saturated rings. The summed E-state index contributed by atoms with van der Waals surface area (Å²) >= 11 is 0. The van der Waals surface area contributed by atoms with Crippen LogP contribution in [0.1, 0.15) is 0 Å². The van der Waals surface area contributed by atoms with Gasteiger partial charge < -0.3 is 4.98 Å². The third kappa shape index (κ3) is 0.761. The summed E-state index contributed by atoms with van der Waals surface area (Å²) in [5.41, 5.74) is 3.01. The maximum absolute atomic E-state index is 4.28. The number of imidazole rings is 1. The van der Waals surface area contributed by atoms with E-state index in [1.165, 1.54) is 0 Å².